The van der Waals surface area contributed by atoms with Gasteiger partial charge in [-0.3, -0.25) is 14.4 Å². The molecule has 0 fully saturated rings. The van der Waals surface area contributed by atoms with Gasteiger partial charge >= 0.3 is 0 Å². The van der Waals surface area contributed by atoms with Crippen molar-refractivity contribution < 1.29 is 42.7 Å². The number of hydrogen-bond acceptors (Lipinski definition) is 14. The second-order valence-corrected chi connectivity index (χ2v) is 14.7. The zero-order valence-corrected chi connectivity index (χ0v) is 35.1. The first-order valence-corrected chi connectivity index (χ1v) is 20.7. The highest BCUT2D eigenvalue weighted by molar-refractivity contribution is 7.15. The maximum absolute atomic E-state index is 13.5. The van der Waals surface area contributed by atoms with Crippen molar-refractivity contribution in [3.8, 4) is 10.8 Å². The highest BCUT2D eigenvalue weighted by Gasteiger charge is 2.32. The number of aromatic nitrogens is 3. The maximum atomic E-state index is 13.5. The van der Waals surface area contributed by atoms with Gasteiger partial charge in [0.15, 0.2) is 5.82 Å². The molecule has 0 saturated carbocycles. The Morgan fingerprint density at radius 2 is 1.24 bits per heavy atom. The number of ether oxygens (including phenoxy) is 8. The number of nitrogens with one attached hydrogen (secondary N) is 1. The van der Waals surface area contributed by atoms with Crippen molar-refractivity contribution in [1.29, 1.82) is 0 Å². The number of aryl methyl sites for hydroxylation is 2. The Labute approximate surface area is 349 Å². The van der Waals surface area contributed by atoms with Crippen LogP contribution in [0.25, 0.3) is 5.00 Å². The Bertz CT molecular complexity index is 1860. The molecule has 0 saturated heterocycles. The van der Waals surface area contributed by atoms with Crippen LogP contribution in [-0.2, 0) is 38.0 Å². The van der Waals surface area contributed by atoms with Crippen LogP contribution in [0.4, 0.5) is 5.69 Å². The van der Waals surface area contributed by atoms with Crippen LogP contribution in [0, 0.1) is 20.8 Å². The summed E-state index contributed by atoms with van der Waals surface area (Å²) in [5.74, 6) is 1.83. The topological polar surface area (TPSA) is 172 Å². The largest absolute Gasteiger partial charge is 0.491 e. The first-order chi connectivity index (χ1) is 28.4. The van der Waals surface area contributed by atoms with E-state index >= 15 is 0 Å². The molecule has 4 aromatic rings. The van der Waals surface area contributed by atoms with Crippen LogP contribution in [-0.4, -0.2) is 132 Å². The van der Waals surface area contributed by atoms with Gasteiger partial charge in [0.1, 0.15) is 29.2 Å². The van der Waals surface area contributed by atoms with E-state index in [0.717, 1.165) is 33.2 Å². The van der Waals surface area contributed by atoms with E-state index in [0.29, 0.717) is 128 Å². The highest BCUT2D eigenvalue weighted by Crippen LogP contribution is 2.39. The number of carbonyl (C=O) groups excluding carboxylic acids is 1. The third-order valence-corrected chi connectivity index (χ3v) is 10.3. The van der Waals surface area contributed by atoms with Gasteiger partial charge in [-0.1, -0.05) is 23.7 Å². The zero-order valence-electron chi connectivity index (χ0n) is 33.5. The quantitative estimate of drug-likeness (QED) is 0.0710. The number of nitrogens with two attached hydrogens (primary N) is 1. The van der Waals surface area contributed by atoms with Gasteiger partial charge < -0.3 is 48.9 Å². The van der Waals surface area contributed by atoms with Crippen LogP contribution in [0.3, 0.4) is 0 Å². The Morgan fingerprint density at radius 3 is 1.78 bits per heavy atom. The molecule has 316 valence electrons. The predicted molar refractivity (Wildman–Crippen MR) is 223 cm³/mol. The van der Waals surface area contributed by atoms with E-state index in [4.69, 9.17) is 60.2 Å². The first-order valence-electron chi connectivity index (χ1n) is 19.5. The van der Waals surface area contributed by atoms with Gasteiger partial charge in [0, 0.05) is 33.3 Å². The summed E-state index contributed by atoms with van der Waals surface area (Å²) in [5.41, 5.74) is 9.87. The molecule has 0 spiro atoms. The van der Waals surface area contributed by atoms with Gasteiger partial charge in [0.25, 0.3) is 0 Å². The van der Waals surface area contributed by atoms with Gasteiger partial charge in [-0.05, 0) is 62.7 Å². The minimum absolute atomic E-state index is 0.0752. The van der Waals surface area contributed by atoms with E-state index in [1.165, 1.54) is 4.88 Å². The molecule has 1 amide bonds. The Kier molecular flexibility index (Phi) is 19.5. The lowest BCUT2D eigenvalue weighted by Gasteiger charge is -2.13. The summed E-state index contributed by atoms with van der Waals surface area (Å²) in [6, 6.07) is 14.3. The van der Waals surface area contributed by atoms with E-state index in [9.17, 15) is 4.79 Å². The van der Waals surface area contributed by atoms with Crippen molar-refractivity contribution >= 4 is 40.2 Å². The fourth-order valence-corrected chi connectivity index (χ4v) is 7.22. The average Bonchev–Trinajstić information content (AvgIpc) is 3.70. The molecule has 2 aromatic heterocycles. The van der Waals surface area contributed by atoms with E-state index in [1.807, 2.05) is 47.9 Å². The molecule has 2 aromatic carbocycles. The number of thiophene rings is 1. The average molecular weight is 843 g/mol. The van der Waals surface area contributed by atoms with Crippen LogP contribution >= 0.6 is 22.9 Å². The third-order valence-electron chi connectivity index (χ3n) is 8.86. The monoisotopic (exact) mass is 842 g/mol. The lowest BCUT2D eigenvalue weighted by molar-refractivity contribution is -0.116. The molecule has 15 nitrogen and oxygen atoms in total. The fourth-order valence-electron chi connectivity index (χ4n) is 5.88. The molecule has 0 radical (unpaired) electrons. The van der Waals surface area contributed by atoms with Crippen LogP contribution in [0.1, 0.15) is 45.7 Å². The Morgan fingerprint density at radius 1 is 0.724 bits per heavy atom. The maximum Gasteiger partial charge on any atom is 0.227 e. The van der Waals surface area contributed by atoms with E-state index in [1.54, 1.807) is 23.5 Å². The molecular weight excluding hydrogens is 788 g/mol. The van der Waals surface area contributed by atoms with Crippen molar-refractivity contribution in [2.24, 2.45) is 10.7 Å². The van der Waals surface area contributed by atoms with Crippen LogP contribution in [0.2, 0.25) is 5.02 Å². The highest BCUT2D eigenvalue weighted by atomic mass is 35.5. The Hall–Kier alpha value is -3.81. The number of nitrogens with zero attached hydrogens (tertiary/aromatic N) is 4. The third kappa shape index (κ3) is 14.2. The molecule has 3 heterocycles. The van der Waals surface area contributed by atoms with Gasteiger partial charge in [0.2, 0.25) is 5.91 Å². The lowest BCUT2D eigenvalue weighted by Crippen LogP contribution is -2.17. The van der Waals surface area contributed by atoms with E-state index < -0.39 is 6.04 Å². The minimum atomic E-state index is -0.565. The number of anilines is 1. The molecule has 3 N–H and O–H groups in total. The van der Waals surface area contributed by atoms with Crippen molar-refractivity contribution in [2.45, 2.75) is 33.2 Å². The number of benzene rings is 2. The van der Waals surface area contributed by atoms with Crippen molar-refractivity contribution in [3.05, 3.63) is 86.8 Å². The fraction of sp³-hybridized carbons (Fsp3) is 0.512. The molecule has 1 aliphatic heterocycles. The standard InChI is InChI=1S/C41H55ClN6O9S/c1-29-30(2)58-41-38(29)39(32-4-6-33(42)7-5-32)45-36(40-47-46-31(3)48(40)41)28-37(49)44-34-8-10-35(11-9-34)57-27-26-56-25-24-55-23-22-54-21-20-53-19-18-52-17-16-51-15-14-50-13-12-43/h4-11,36H,12-28,43H2,1-3H3,(H,44,49)/t36-/m0/s1. The number of hydrogen-bond donors (Lipinski definition) is 2. The normalized spacial score (nSPS) is 13.5. The molecule has 5 rings (SSSR count). The van der Waals surface area contributed by atoms with Crippen molar-refractivity contribution in [3.63, 3.8) is 0 Å². The summed E-state index contributed by atoms with van der Waals surface area (Å²) in [6.45, 7) is 13.9. The van der Waals surface area contributed by atoms with E-state index in [-0.39, 0.29) is 12.3 Å². The molecular formula is C41H55ClN6O9S. The number of fused-ring (bicyclic) bond motifs is 3. The first kappa shape index (κ1) is 45.3. The van der Waals surface area contributed by atoms with Crippen molar-refractivity contribution in [1.82, 2.24) is 14.8 Å². The molecule has 0 unspecified atom stereocenters. The van der Waals surface area contributed by atoms with E-state index in [2.05, 4.69) is 29.4 Å². The molecule has 0 aliphatic carbocycles. The molecule has 58 heavy (non-hydrogen) atoms. The molecule has 17 heteroatoms. The zero-order chi connectivity index (χ0) is 41.0. The van der Waals surface area contributed by atoms with Crippen molar-refractivity contribution in [2.75, 3.05) is 111 Å². The summed E-state index contributed by atoms with van der Waals surface area (Å²) in [7, 11) is 0. The van der Waals surface area contributed by atoms with Gasteiger partial charge in [-0.15, -0.1) is 21.5 Å². The molecule has 0 bridgehead atoms. The SMILES string of the molecule is Cc1sc2c(c1C)C(c1ccc(Cl)cc1)=N[C@@H](CC(=O)Nc1ccc(OCCOCCOCCOCCOCCOCCOCCOCCN)cc1)c1nnc(C)n1-2. The van der Waals surface area contributed by atoms with Gasteiger partial charge in [-0.25, -0.2) is 0 Å². The summed E-state index contributed by atoms with van der Waals surface area (Å²) < 4.78 is 46.1. The van der Waals surface area contributed by atoms with Crippen LogP contribution in [0.5, 0.6) is 5.75 Å². The number of amides is 1. The van der Waals surface area contributed by atoms with Crippen LogP contribution in [0.15, 0.2) is 53.5 Å². The number of carbonyl (C=O) groups is 1. The smallest absolute Gasteiger partial charge is 0.227 e. The molecule has 1 atom stereocenters. The number of halogens is 1. The lowest BCUT2D eigenvalue weighted by atomic mass is 9.99. The minimum Gasteiger partial charge on any atom is -0.491 e. The second kappa shape index (κ2) is 25.0. The van der Waals surface area contributed by atoms with Gasteiger partial charge in [-0.2, -0.15) is 0 Å². The summed E-state index contributed by atoms with van der Waals surface area (Å²) in [4.78, 5) is 19.8. The second-order valence-electron chi connectivity index (χ2n) is 13.1. The van der Waals surface area contributed by atoms with Crippen LogP contribution < -0.4 is 15.8 Å². The summed E-state index contributed by atoms with van der Waals surface area (Å²) >= 11 is 7.90. The summed E-state index contributed by atoms with van der Waals surface area (Å²) in [6.07, 6.45) is 0.0752. The number of aliphatic imine (C=N–C) groups is 1. The number of rotatable bonds is 28. The predicted octanol–water partition coefficient (Wildman–Crippen LogP) is 5.28. The summed E-state index contributed by atoms with van der Waals surface area (Å²) in [5, 5.41) is 13.5. The molecule has 1 aliphatic rings. The Balaban J connectivity index is 0.932. The van der Waals surface area contributed by atoms with Gasteiger partial charge in [0.05, 0.1) is 105 Å².